The molecule has 0 saturated heterocycles. The van der Waals surface area contributed by atoms with E-state index >= 15 is 0 Å². The van der Waals surface area contributed by atoms with Gasteiger partial charge in [-0.3, -0.25) is 10.1 Å². The van der Waals surface area contributed by atoms with Gasteiger partial charge in [0.2, 0.25) is 5.75 Å². The summed E-state index contributed by atoms with van der Waals surface area (Å²) in [5.74, 6) is 12.8. The second-order valence-corrected chi connectivity index (χ2v) is 30.6. The van der Waals surface area contributed by atoms with Crippen LogP contribution < -0.4 is 33.2 Å². The average Bonchev–Trinajstić information content (AvgIpc) is 1.43. The van der Waals surface area contributed by atoms with Crippen molar-refractivity contribution in [1.82, 2.24) is 0 Å². The number of methoxy groups -OCH3 is 2. The Bertz CT molecular complexity index is 4450. The van der Waals surface area contributed by atoms with Gasteiger partial charge in [-0.2, -0.15) is 0 Å². The molecule has 12 rings (SSSR count). The zero-order valence-corrected chi connectivity index (χ0v) is 67.8. The Balaban J connectivity index is 0.000000182. The van der Waals surface area contributed by atoms with Crippen molar-refractivity contribution < 1.29 is 38.1 Å². The van der Waals surface area contributed by atoms with Crippen LogP contribution in [0.3, 0.4) is 0 Å². The van der Waals surface area contributed by atoms with Gasteiger partial charge < -0.3 is 33.2 Å². The lowest BCUT2D eigenvalue weighted by Gasteiger charge is -2.13. The molecule has 0 aliphatic heterocycles. The molecule has 0 atom stereocenters. The molecule has 0 aliphatic rings. The predicted molar refractivity (Wildman–Crippen MR) is 455 cm³/mol. The van der Waals surface area contributed by atoms with Crippen LogP contribution in [0.2, 0.25) is 5.02 Å². The Morgan fingerprint density at radius 2 is 0.697 bits per heavy atom. The predicted octanol–water partition coefficient (Wildman–Crippen LogP) is 28.9. The summed E-state index contributed by atoms with van der Waals surface area (Å²) in [6.07, 6.45) is 6.19. The number of ether oxygens (including phenoxy) is 7. The number of hydrogen-bond donors (Lipinski definition) is 0. The van der Waals surface area contributed by atoms with Crippen LogP contribution in [0.25, 0.3) is 10.4 Å². The number of nitrogens with zero attached hydrogens (tertiary/aromatic N) is 1. The lowest BCUT2D eigenvalue weighted by Crippen LogP contribution is -1.98. The number of nitro benzene ring substituents is 1. The Labute approximate surface area is 658 Å². The fourth-order valence-corrected chi connectivity index (χ4v) is 12.6. The summed E-state index contributed by atoms with van der Waals surface area (Å²) in [5.41, 5.74) is 10.0. The summed E-state index contributed by atoms with van der Waals surface area (Å²) >= 11 is 8.03. The second-order valence-electron chi connectivity index (χ2n) is 29.2. The SMILES string of the molecule is CC(C)Cc1ccc(-c2cccs2)cc1.CC(C)Cc1ccc(Oc2ccccc2)c(Cl)c1.CC(C)Cc1ccc(Oc2ccccc2)c([N+](=O)[O-])c1.COc1cc(CC(C)C)ccc1Oc1ccccc1.COc1cc(Oc2ccccc2)ccc1CC(C)C.Cc1cc(CC(C)C)ccc1Oc1ccccc1. The maximum atomic E-state index is 11.2. The van der Waals surface area contributed by atoms with E-state index < -0.39 is 4.92 Å². The molecule has 0 saturated carbocycles. The molecule has 11 aromatic carbocycles. The molecular formula is C97H110ClNO9S. The number of nitro groups is 1. The van der Waals surface area contributed by atoms with E-state index in [4.69, 9.17) is 44.8 Å². The van der Waals surface area contributed by atoms with Crippen LogP contribution in [0.15, 0.2) is 284 Å². The van der Waals surface area contributed by atoms with Gasteiger partial charge in [-0.05, 0) is 240 Å². The smallest absolute Gasteiger partial charge is 0.311 e. The number of aryl methyl sites for hydroxylation is 1. The summed E-state index contributed by atoms with van der Waals surface area (Å²) in [7, 11) is 3.37. The van der Waals surface area contributed by atoms with Gasteiger partial charge in [-0.15, -0.1) is 11.3 Å². The van der Waals surface area contributed by atoms with Gasteiger partial charge in [-0.25, -0.2) is 0 Å². The molecule has 10 nitrogen and oxygen atoms in total. The van der Waals surface area contributed by atoms with Crippen LogP contribution in [-0.2, 0) is 38.5 Å². The Hall–Kier alpha value is -10.6. The molecular weight excluding hydrogens is 1390 g/mol. The lowest BCUT2D eigenvalue weighted by molar-refractivity contribution is -0.385. The largest absolute Gasteiger partial charge is 0.496 e. The highest BCUT2D eigenvalue weighted by molar-refractivity contribution is 7.13. The highest BCUT2D eigenvalue weighted by atomic mass is 35.5. The van der Waals surface area contributed by atoms with E-state index in [1.807, 2.05) is 176 Å². The summed E-state index contributed by atoms with van der Waals surface area (Å²) < 4.78 is 39.7. The molecule has 1 aromatic heterocycles. The minimum Gasteiger partial charge on any atom is -0.496 e. The molecule has 0 fully saturated rings. The first-order valence-corrected chi connectivity index (χ1v) is 39.0. The van der Waals surface area contributed by atoms with Crippen LogP contribution in [-0.4, -0.2) is 19.1 Å². The molecule has 0 aliphatic carbocycles. The first-order chi connectivity index (χ1) is 52.5. The van der Waals surface area contributed by atoms with Crippen molar-refractivity contribution in [2.45, 2.75) is 129 Å². The second kappa shape index (κ2) is 45.9. The van der Waals surface area contributed by atoms with Gasteiger partial charge in [0.05, 0.1) is 24.2 Å². The van der Waals surface area contributed by atoms with Crippen molar-refractivity contribution in [2.24, 2.45) is 35.5 Å². The molecule has 0 spiro atoms. The van der Waals surface area contributed by atoms with Crippen molar-refractivity contribution in [1.29, 1.82) is 0 Å². The highest BCUT2D eigenvalue weighted by Crippen LogP contribution is 2.37. The van der Waals surface area contributed by atoms with Crippen molar-refractivity contribution in [2.75, 3.05) is 14.2 Å². The van der Waals surface area contributed by atoms with Gasteiger partial charge in [-0.1, -0.05) is 252 Å². The summed E-state index contributed by atoms with van der Waals surface area (Å²) in [5, 5.41) is 14.0. The van der Waals surface area contributed by atoms with Gasteiger partial charge in [0.15, 0.2) is 11.5 Å². The molecule has 0 radical (unpaired) electrons. The third-order valence-electron chi connectivity index (χ3n) is 16.4. The fraction of sp³-hybridized carbons (Fsp3) is 0.278. The monoisotopic (exact) mass is 1500 g/mol. The maximum Gasteiger partial charge on any atom is 0.311 e. The number of halogens is 1. The van der Waals surface area contributed by atoms with E-state index in [1.54, 1.807) is 49.8 Å². The number of para-hydroxylation sites is 5. The van der Waals surface area contributed by atoms with Gasteiger partial charge >= 0.3 is 5.69 Å². The fourth-order valence-electron chi connectivity index (χ4n) is 11.6. The lowest BCUT2D eigenvalue weighted by atomic mass is 10.0. The van der Waals surface area contributed by atoms with Gasteiger partial charge in [0.25, 0.3) is 0 Å². The molecule has 0 N–H and O–H groups in total. The summed E-state index contributed by atoms with van der Waals surface area (Å²) in [6.45, 7) is 28.5. The van der Waals surface area contributed by atoms with E-state index in [2.05, 4.69) is 174 Å². The number of benzene rings is 11. The topological polar surface area (TPSA) is 108 Å². The average molecular weight is 1500 g/mol. The van der Waals surface area contributed by atoms with Crippen molar-refractivity contribution in [3.63, 3.8) is 0 Å². The Morgan fingerprint density at radius 1 is 0.330 bits per heavy atom. The van der Waals surface area contributed by atoms with Crippen LogP contribution in [0, 0.1) is 52.5 Å². The van der Waals surface area contributed by atoms with E-state index in [1.165, 1.54) is 50.2 Å². The zero-order chi connectivity index (χ0) is 78.5. The molecule has 0 unspecified atom stereocenters. The first-order valence-electron chi connectivity index (χ1n) is 37.8. The standard InChI is InChI=1S/2C17H20O2.C17H20O.C16H17ClO.C16H17NO3.C14H16S/c1-13(2)11-14-9-10-16(12-17(14)18-3)19-15-7-5-4-6-8-15;1-13(2)11-14-9-10-16(17(12-14)18-3)19-15-7-5-4-6-8-15;1-13(2)11-15-9-10-17(14(3)12-15)18-16-7-5-4-6-8-16;1-12(2)10-13-8-9-16(15(17)11-13)18-14-6-4-3-5-7-14;1-12(2)10-13-8-9-16(15(11-13)17(18)19)20-14-6-4-3-5-7-14;1-11(2)10-12-5-7-13(8-6-12)14-4-3-9-15-14/h2*4-10,12-13H,11H2,1-3H3;4-10,12-13H,11H2,1-3H3;3-9,11-12H,10H2,1-2H3;3-9,11-12H,10H2,1-2H3;3-9,11H,10H2,1-2H3. The number of thiophene rings is 1. The van der Waals surface area contributed by atoms with Crippen LogP contribution in [0.5, 0.6) is 69.0 Å². The molecule has 12 aromatic rings. The van der Waals surface area contributed by atoms with E-state index in [9.17, 15) is 10.1 Å². The zero-order valence-electron chi connectivity index (χ0n) is 66.2. The molecule has 570 valence electrons. The maximum absolute atomic E-state index is 11.2. The van der Waals surface area contributed by atoms with E-state index in [0.717, 1.165) is 95.3 Å². The molecule has 12 heteroatoms. The van der Waals surface area contributed by atoms with Crippen molar-refractivity contribution in [3.05, 3.63) is 339 Å². The third-order valence-corrected chi connectivity index (χ3v) is 17.6. The Kier molecular flexibility index (Phi) is 36.1. The van der Waals surface area contributed by atoms with Gasteiger partial charge in [0.1, 0.15) is 51.7 Å². The molecule has 109 heavy (non-hydrogen) atoms. The Morgan fingerprint density at radius 3 is 1.11 bits per heavy atom. The van der Waals surface area contributed by atoms with Crippen LogP contribution >= 0.6 is 22.9 Å². The van der Waals surface area contributed by atoms with Crippen LogP contribution in [0.1, 0.15) is 122 Å². The van der Waals surface area contributed by atoms with Crippen molar-refractivity contribution >= 4 is 28.6 Å². The normalized spacial score (nSPS) is 10.6. The molecule has 0 amide bonds. The molecule has 1 heterocycles. The highest BCUT2D eigenvalue weighted by Gasteiger charge is 2.18. The minimum atomic E-state index is -0.401. The molecule has 0 bridgehead atoms. The quantitative estimate of drug-likeness (QED) is 0.0387. The van der Waals surface area contributed by atoms with Crippen LogP contribution in [0.4, 0.5) is 5.69 Å². The summed E-state index contributed by atoms with van der Waals surface area (Å²) in [4.78, 5) is 12.1. The van der Waals surface area contributed by atoms with Gasteiger partial charge in [0, 0.05) is 17.0 Å². The minimum absolute atomic E-state index is 0.00648. The summed E-state index contributed by atoms with van der Waals surface area (Å²) in [6, 6.07) is 91.1. The number of rotatable bonds is 26. The first kappa shape index (κ1) is 85.7. The van der Waals surface area contributed by atoms with E-state index in [-0.39, 0.29) is 11.4 Å². The van der Waals surface area contributed by atoms with E-state index in [0.29, 0.717) is 46.1 Å². The number of hydrogen-bond acceptors (Lipinski definition) is 10. The van der Waals surface area contributed by atoms with Crippen molar-refractivity contribution in [3.8, 4) is 79.4 Å². The third kappa shape index (κ3) is 31.6.